The van der Waals surface area contributed by atoms with Gasteiger partial charge in [-0.25, -0.2) is 4.39 Å². The minimum absolute atomic E-state index is 0.0549. The minimum Gasteiger partial charge on any atom is -0.374 e. The first-order valence-corrected chi connectivity index (χ1v) is 12.9. The summed E-state index contributed by atoms with van der Waals surface area (Å²) in [6.45, 7) is 6.77. The number of aromatic nitrogens is 1. The third kappa shape index (κ3) is 4.36. The molecule has 35 heavy (non-hydrogen) atoms. The van der Waals surface area contributed by atoms with Gasteiger partial charge in [-0.1, -0.05) is 17.3 Å². The van der Waals surface area contributed by atoms with Crippen LogP contribution in [0.3, 0.4) is 0 Å². The Bertz CT molecular complexity index is 1250. The highest BCUT2D eigenvalue weighted by molar-refractivity contribution is 5.98. The van der Waals surface area contributed by atoms with E-state index in [9.17, 15) is 9.18 Å². The van der Waals surface area contributed by atoms with E-state index in [1.165, 1.54) is 34.5 Å². The van der Waals surface area contributed by atoms with Crippen LogP contribution in [0.25, 0.3) is 11.0 Å². The Kier molecular flexibility index (Phi) is 6.06. The molecular weight excluding hydrogens is 445 g/mol. The zero-order valence-electron chi connectivity index (χ0n) is 20.3. The minimum atomic E-state index is -0.291. The topological polar surface area (TPSA) is 58.8 Å². The van der Waals surface area contributed by atoms with Crippen molar-refractivity contribution in [3.05, 3.63) is 58.5 Å². The number of likely N-dealkylation sites (tertiary alicyclic amines) is 1. The van der Waals surface area contributed by atoms with E-state index in [1.807, 2.05) is 4.90 Å². The van der Waals surface area contributed by atoms with E-state index in [4.69, 9.17) is 9.26 Å². The van der Waals surface area contributed by atoms with Crippen molar-refractivity contribution in [2.45, 2.75) is 57.5 Å². The summed E-state index contributed by atoms with van der Waals surface area (Å²) >= 11 is 0. The average Bonchev–Trinajstić information content (AvgIpc) is 3.49. The van der Waals surface area contributed by atoms with E-state index in [-0.39, 0.29) is 17.8 Å². The molecule has 0 saturated carbocycles. The first kappa shape index (κ1) is 22.7. The van der Waals surface area contributed by atoms with Crippen molar-refractivity contribution in [1.29, 1.82) is 0 Å². The molecule has 184 valence electrons. The van der Waals surface area contributed by atoms with Crippen LogP contribution in [0.15, 0.2) is 34.9 Å². The first-order valence-electron chi connectivity index (χ1n) is 12.9. The summed E-state index contributed by atoms with van der Waals surface area (Å²) in [5.74, 6) is 0.337. The molecule has 0 N–H and O–H groups in total. The number of piperidine rings is 1. The molecule has 0 bridgehead atoms. The molecule has 7 heteroatoms. The molecule has 3 aliphatic rings. The lowest BCUT2D eigenvalue weighted by Gasteiger charge is -2.31. The van der Waals surface area contributed by atoms with Crippen LogP contribution in [0.2, 0.25) is 0 Å². The second-order valence-corrected chi connectivity index (χ2v) is 10.2. The van der Waals surface area contributed by atoms with Gasteiger partial charge in [0, 0.05) is 43.5 Å². The van der Waals surface area contributed by atoms with E-state index in [0.717, 1.165) is 76.0 Å². The fourth-order valence-corrected chi connectivity index (χ4v) is 6.02. The molecule has 6 rings (SSSR count). The smallest absolute Gasteiger partial charge is 0.227 e. The number of hydrogen-bond acceptors (Lipinski definition) is 5. The van der Waals surface area contributed by atoms with Gasteiger partial charge in [-0.15, -0.1) is 0 Å². The van der Waals surface area contributed by atoms with Crippen LogP contribution in [0.5, 0.6) is 0 Å². The molecular formula is C28H32FN3O3. The molecule has 0 spiro atoms. The van der Waals surface area contributed by atoms with E-state index in [0.29, 0.717) is 17.9 Å². The summed E-state index contributed by atoms with van der Waals surface area (Å²) in [6.07, 6.45) is 5.54. The number of hydrogen-bond donors (Lipinski definition) is 0. The first-order chi connectivity index (χ1) is 17.1. The molecule has 1 unspecified atom stereocenters. The molecule has 4 heterocycles. The number of aryl methyl sites for hydroxylation is 1. The third-order valence-corrected chi connectivity index (χ3v) is 7.97. The largest absolute Gasteiger partial charge is 0.374 e. The molecule has 1 atom stereocenters. The zero-order chi connectivity index (χ0) is 23.9. The molecule has 0 aliphatic carbocycles. The van der Waals surface area contributed by atoms with Gasteiger partial charge in [-0.2, -0.15) is 0 Å². The number of amides is 1. The summed E-state index contributed by atoms with van der Waals surface area (Å²) in [7, 11) is 0. The van der Waals surface area contributed by atoms with Crippen molar-refractivity contribution in [2.75, 3.05) is 37.7 Å². The molecule has 3 aliphatic heterocycles. The van der Waals surface area contributed by atoms with Crippen molar-refractivity contribution in [1.82, 2.24) is 10.1 Å². The van der Waals surface area contributed by atoms with Gasteiger partial charge in [-0.05, 0) is 80.9 Å². The van der Waals surface area contributed by atoms with Gasteiger partial charge >= 0.3 is 0 Å². The highest BCUT2D eigenvalue weighted by Gasteiger charge is 2.32. The van der Waals surface area contributed by atoms with Crippen molar-refractivity contribution >= 4 is 22.6 Å². The highest BCUT2D eigenvalue weighted by Crippen LogP contribution is 2.39. The number of carbonyl (C=O) groups is 1. The van der Waals surface area contributed by atoms with Crippen LogP contribution < -0.4 is 4.90 Å². The van der Waals surface area contributed by atoms with Crippen molar-refractivity contribution < 1.29 is 18.4 Å². The van der Waals surface area contributed by atoms with Gasteiger partial charge in [0.15, 0.2) is 5.58 Å². The van der Waals surface area contributed by atoms with E-state index >= 15 is 0 Å². The van der Waals surface area contributed by atoms with E-state index in [2.05, 4.69) is 29.1 Å². The summed E-state index contributed by atoms with van der Waals surface area (Å²) in [4.78, 5) is 16.6. The lowest BCUT2D eigenvalue weighted by atomic mass is 9.91. The second-order valence-electron chi connectivity index (χ2n) is 10.2. The van der Waals surface area contributed by atoms with Gasteiger partial charge in [0.25, 0.3) is 0 Å². The average molecular weight is 478 g/mol. The maximum Gasteiger partial charge on any atom is 0.227 e. The van der Waals surface area contributed by atoms with Gasteiger partial charge < -0.3 is 19.1 Å². The fourth-order valence-electron chi connectivity index (χ4n) is 6.02. The monoisotopic (exact) mass is 477 g/mol. The quantitative estimate of drug-likeness (QED) is 0.441. The number of anilines is 1. The van der Waals surface area contributed by atoms with Crippen molar-refractivity contribution in [3.8, 4) is 0 Å². The molecule has 2 aromatic carbocycles. The van der Waals surface area contributed by atoms with Crippen LogP contribution in [-0.4, -0.2) is 48.7 Å². The Morgan fingerprint density at radius 2 is 1.91 bits per heavy atom. The Morgan fingerprint density at radius 1 is 1.11 bits per heavy atom. The van der Waals surface area contributed by atoms with E-state index < -0.39 is 0 Å². The maximum atomic E-state index is 13.4. The maximum absolute atomic E-state index is 13.4. The summed E-state index contributed by atoms with van der Waals surface area (Å²) in [5.41, 5.74) is 6.51. The molecule has 3 aromatic rings. The SMILES string of the molecule is CC(OCCCN1CCC(c2noc3cc(F)ccc23)CC1)c1cc2c3c(c1)CCN3C(=O)CC2. The van der Waals surface area contributed by atoms with Crippen LogP contribution in [0.4, 0.5) is 10.1 Å². The van der Waals surface area contributed by atoms with Crippen LogP contribution >= 0.6 is 0 Å². The van der Waals surface area contributed by atoms with Gasteiger partial charge in [0.1, 0.15) is 5.82 Å². The molecule has 0 radical (unpaired) electrons. The predicted octanol–water partition coefficient (Wildman–Crippen LogP) is 5.15. The Morgan fingerprint density at radius 3 is 2.74 bits per heavy atom. The van der Waals surface area contributed by atoms with Crippen LogP contribution in [-0.2, 0) is 22.4 Å². The predicted molar refractivity (Wildman–Crippen MR) is 132 cm³/mol. The van der Waals surface area contributed by atoms with Gasteiger partial charge in [0.2, 0.25) is 5.91 Å². The molecule has 1 fully saturated rings. The Labute approximate surface area is 205 Å². The number of benzene rings is 2. The summed E-state index contributed by atoms with van der Waals surface area (Å²) in [5, 5.41) is 5.19. The van der Waals surface area contributed by atoms with E-state index in [1.54, 1.807) is 6.07 Å². The van der Waals surface area contributed by atoms with Crippen LogP contribution in [0.1, 0.15) is 67.0 Å². The highest BCUT2D eigenvalue weighted by atomic mass is 19.1. The van der Waals surface area contributed by atoms with Gasteiger partial charge in [-0.3, -0.25) is 4.79 Å². The third-order valence-electron chi connectivity index (χ3n) is 7.97. The second kappa shape index (κ2) is 9.36. The lowest BCUT2D eigenvalue weighted by molar-refractivity contribution is -0.118. The summed E-state index contributed by atoms with van der Waals surface area (Å²) in [6, 6.07) is 9.17. The Balaban J connectivity index is 0.977. The summed E-state index contributed by atoms with van der Waals surface area (Å²) < 4.78 is 25.0. The van der Waals surface area contributed by atoms with Crippen molar-refractivity contribution in [3.63, 3.8) is 0 Å². The number of carbonyl (C=O) groups excluding carboxylic acids is 1. The normalized spacial score (nSPS) is 19.5. The number of halogens is 1. The molecule has 1 amide bonds. The lowest BCUT2D eigenvalue weighted by Crippen LogP contribution is -2.34. The van der Waals surface area contributed by atoms with Gasteiger partial charge in [0.05, 0.1) is 17.5 Å². The zero-order valence-corrected chi connectivity index (χ0v) is 20.3. The molecule has 1 saturated heterocycles. The number of fused-ring (bicyclic) bond motifs is 1. The molecule has 6 nitrogen and oxygen atoms in total. The fraction of sp³-hybridized carbons (Fsp3) is 0.500. The molecule has 1 aromatic heterocycles. The number of ether oxygens (including phenoxy) is 1. The van der Waals surface area contributed by atoms with Crippen LogP contribution in [0, 0.1) is 5.82 Å². The standard InChI is InChI=1S/C28H32FN3O3/c1-18(22-15-20-3-6-26(33)32-13-9-21(16-22)28(20)32)34-14-2-10-31-11-7-19(8-12-31)27-24-5-4-23(29)17-25(24)35-30-27/h4-5,15-19H,2-3,6-14H2,1H3. The number of nitrogens with zero attached hydrogens (tertiary/aromatic N) is 3. The number of rotatable bonds is 7. The van der Waals surface area contributed by atoms with Crippen molar-refractivity contribution in [2.24, 2.45) is 0 Å². The Hall–Kier alpha value is -2.77.